The summed E-state index contributed by atoms with van der Waals surface area (Å²) < 4.78 is 5.21. The number of thiocarbonyl (C=S) groups is 1. The summed E-state index contributed by atoms with van der Waals surface area (Å²) in [7, 11) is 1.65. The van der Waals surface area contributed by atoms with Crippen LogP contribution in [0.25, 0.3) is 0 Å². The third kappa shape index (κ3) is 4.21. The van der Waals surface area contributed by atoms with Gasteiger partial charge in [-0.05, 0) is 56.2 Å². The lowest BCUT2D eigenvalue weighted by Crippen LogP contribution is -2.31. The van der Waals surface area contributed by atoms with Gasteiger partial charge < -0.3 is 15.4 Å². The van der Waals surface area contributed by atoms with Crippen LogP contribution in [-0.2, 0) is 0 Å². The number of benzene rings is 2. The molecule has 0 radical (unpaired) electrons. The molecule has 0 aliphatic rings. The molecule has 1 atom stereocenters. The van der Waals surface area contributed by atoms with Crippen molar-refractivity contribution in [2.45, 2.75) is 26.8 Å². The van der Waals surface area contributed by atoms with Gasteiger partial charge in [0.25, 0.3) is 0 Å². The highest BCUT2D eigenvalue weighted by Gasteiger charge is 2.10. The smallest absolute Gasteiger partial charge is 0.171 e. The monoisotopic (exact) mass is 314 g/mol. The average Bonchev–Trinajstić information content (AvgIpc) is 2.47. The van der Waals surface area contributed by atoms with E-state index in [1.165, 1.54) is 16.7 Å². The van der Waals surface area contributed by atoms with Crippen molar-refractivity contribution in [1.82, 2.24) is 5.32 Å². The standard InChI is InChI=1S/C18H22N2OS/c1-12-8-9-17(13(2)10-12)14(3)19-18(22)20-15-6-5-7-16(11-15)21-4/h5-11,14H,1-4H3,(H2,19,20,22)/t14-/m1/s1. The molecule has 0 aliphatic heterocycles. The number of hydrogen-bond acceptors (Lipinski definition) is 2. The molecule has 0 spiro atoms. The molecule has 22 heavy (non-hydrogen) atoms. The summed E-state index contributed by atoms with van der Waals surface area (Å²) in [4.78, 5) is 0. The molecule has 0 bridgehead atoms. The Bertz CT molecular complexity index is 670. The van der Waals surface area contributed by atoms with Gasteiger partial charge >= 0.3 is 0 Å². The van der Waals surface area contributed by atoms with Crippen LogP contribution >= 0.6 is 12.2 Å². The molecule has 2 aromatic carbocycles. The second kappa shape index (κ2) is 7.27. The van der Waals surface area contributed by atoms with E-state index in [1.807, 2.05) is 24.3 Å². The minimum atomic E-state index is 0.145. The van der Waals surface area contributed by atoms with E-state index in [2.05, 4.69) is 49.6 Å². The van der Waals surface area contributed by atoms with Gasteiger partial charge in [-0.15, -0.1) is 0 Å². The van der Waals surface area contributed by atoms with Crippen molar-refractivity contribution < 1.29 is 4.74 Å². The zero-order valence-electron chi connectivity index (χ0n) is 13.4. The van der Waals surface area contributed by atoms with Gasteiger partial charge in [-0.2, -0.15) is 0 Å². The van der Waals surface area contributed by atoms with Gasteiger partial charge in [0.05, 0.1) is 13.2 Å². The van der Waals surface area contributed by atoms with Crippen molar-refractivity contribution in [3.63, 3.8) is 0 Å². The summed E-state index contributed by atoms with van der Waals surface area (Å²) in [6.45, 7) is 6.33. The number of anilines is 1. The van der Waals surface area contributed by atoms with E-state index in [0.717, 1.165) is 11.4 Å². The molecule has 0 aromatic heterocycles. The minimum Gasteiger partial charge on any atom is -0.497 e. The molecule has 0 unspecified atom stereocenters. The lowest BCUT2D eigenvalue weighted by molar-refractivity contribution is 0.415. The molecule has 0 amide bonds. The van der Waals surface area contributed by atoms with E-state index in [0.29, 0.717) is 5.11 Å². The van der Waals surface area contributed by atoms with Crippen LogP contribution in [-0.4, -0.2) is 12.2 Å². The number of rotatable bonds is 4. The molecule has 0 heterocycles. The number of methoxy groups -OCH3 is 1. The maximum absolute atomic E-state index is 5.40. The average molecular weight is 314 g/mol. The Kier molecular flexibility index (Phi) is 5.39. The predicted molar refractivity (Wildman–Crippen MR) is 96.7 cm³/mol. The van der Waals surface area contributed by atoms with Gasteiger partial charge in [0.2, 0.25) is 0 Å². The molecule has 0 aliphatic carbocycles. The first-order valence-corrected chi connectivity index (χ1v) is 7.69. The molecule has 0 fully saturated rings. The molecule has 3 nitrogen and oxygen atoms in total. The summed E-state index contributed by atoms with van der Waals surface area (Å²) in [5, 5.41) is 7.11. The lowest BCUT2D eigenvalue weighted by atomic mass is 10.0. The summed E-state index contributed by atoms with van der Waals surface area (Å²) in [6, 6.07) is 14.3. The van der Waals surface area contributed by atoms with E-state index in [9.17, 15) is 0 Å². The van der Waals surface area contributed by atoms with E-state index in [4.69, 9.17) is 17.0 Å². The van der Waals surface area contributed by atoms with Crippen LogP contribution in [0.3, 0.4) is 0 Å². The van der Waals surface area contributed by atoms with Crippen LogP contribution in [0.5, 0.6) is 5.75 Å². The molecular weight excluding hydrogens is 292 g/mol. The Balaban J connectivity index is 2.01. The van der Waals surface area contributed by atoms with Gasteiger partial charge in [0.1, 0.15) is 5.75 Å². The Labute approximate surface area is 137 Å². The quantitative estimate of drug-likeness (QED) is 0.822. The van der Waals surface area contributed by atoms with Crippen molar-refractivity contribution in [2.24, 2.45) is 0 Å². The van der Waals surface area contributed by atoms with Crippen LogP contribution in [0, 0.1) is 13.8 Å². The van der Waals surface area contributed by atoms with Crippen molar-refractivity contribution in [3.05, 3.63) is 59.2 Å². The zero-order chi connectivity index (χ0) is 16.1. The molecule has 0 saturated heterocycles. The number of hydrogen-bond donors (Lipinski definition) is 2. The van der Waals surface area contributed by atoms with Gasteiger partial charge in [0, 0.05) is 11.8 Å². The van der Waals surface area contributed by atoms with Crippen LogP contribution in [0.1, 0.15) is 29.7 Å². The van der Waals surface area contributed by atoms with Crippen molar-refractivity contribution >= 4 is 23.0 Å². The van der Waals surface area contributed by atoms with Crippen LogP contribution in [0.4, 0.5) is 5.69 Å². The highest BCUT2D eigenvalue weighted by molar-refractivity contribution is 7.80. The third-order valence-electron chi connectivity index (χ3n) is 3.57. The van der Waals surface area contributed by atoms with Crippen LogP contribution in [0.2, 0.25) is 0 Å². The fourth-order valence-electron chi connectivity index (χ4n) is 2.45. The molecule has 4 heteroatoms. The molecule has 2 aromatic rings. The fourth-order valence-corrected chi connectivity index (χ4v) is 2.75. The minimum absolute atomic E-state index is 0.145. The summed E-state index contributed by atoms with van der Waals surface area (Å²) in [5.74, 6) is 0.801. The number of aryl methyl sites for hydroxylation is 2. The zero-order valence-corrected chi connectivity index (χ0v) is 14.3. The molecule has 2 N–H and O–H groups in total. The largest absolute Gasteiger partial charge is 0.497 e. The highest BCUT2D eigenvalue weighted by atomic mass is 32.1. The summed E-state index contributed by atoms with van der Waals surface area (Å²) in [5.41, 5.74) is 4.69. The number of nitrogens with one attached hydrogen (secondary N) is 2. The van der Waals surface area contributed by atoms with Crippen LogP contribution < -0.4 is 15.4 Å². The van der Waals surface area contributed by atoms with Crippen LogP contribution in [0.15, 0.2) is 42.5 Å². The summed E-state index contributed by atoms with van der Waals surface area (Å²) >= 11 is 5.40. The SMILES string of the molecule is COc1cccc(NC(=S)N[C@H](C)c2ccc(C)cc2C)c1. The maximum Gasteiger partial charge on any atom is 0.171 e. The first kappa shape index (κ1) is 16.3. The topological polar surface area (TPSA) is 33.3 Å². The number of ether oxygens (including phenoxy) is 1. The van der Waals surface area contributed by atoms with Gasteiger partial charge in [-0.3, -0.25) is 0 Å². The van der Waals surface area contributed by atoms with Gasteiger partial charge in [-0.1, -0.05) is 29.8 Å². The normalized spacial score (nSPS) is 11.6. The van der Waals surface area contributed by atoms with Gasteiger partial charge in [-0.25, -0.2) is 0 Å². The van der Waals surface area contributed by atoms with Crippen molar-refractivity contribution in [3.8, 4) is 5.75 Å². The second-order valence-corrected chi connectivity index (χ2v) is 5.82. The molecular formula is C18H22N2OS. The first-order chi connectivity index (χ1) is 10.5. The molecule has 0 saturated carbocycles. The Morgan fingerprint density at radius 3 is 2.59 bits per heavy atom. The Morgan fingerprint density at radius 1 is 1.14 bits per heavy atom. The van der Waals surface area contributed by atoms with Crippen molar-refractivity contribution in [2.75, 3.05) is 12.4 Å². The van der Waals surface area contributed by atoms with E-state index in [1.54, 1.807) is 7.11 Å². The maximum atomic E-state index is 5.40. The third-order valence-corrected chi connectivity index (χ3v) is 3.79. The van der Waals surface area contributed by atoms with E-state index >= 15 is 0 Å². The first-order valence-electron chi connectivity index (χ1n) is 7.28. The predicted octanol–water partition coefficient (Wildman–Crippen LogP) is 4.36. The second-order valence-electron chi connectivity index (χ2n) is 5.41. The fraction of sp³-hybridized carbons (Fsp3) is 0.278. The van der Waals surface area contributed by atoms with E-state index in [-0.39, 0.29) is 6.04 Å². The Hall–Kier alpha value is -2.07. The molecule has 116 valence electrons. The lowest BCUT2D eigenvalue weighted by Gasteiger charge is -2.19. The highest BCUT2D eigenvalue weighted by Crippen LogP contribution is 2.20. The van der Waals surface area contributed by atoms with Gasteiger partial charge in [0.15, 0.2) is 5.11 Å². The van der Waals surface area contributed by atoms with Crippen molar-refractivity contribution in [1.29, 1.82) is 0 Å². The Morgan fingerprint density at radius 2 is 1.91 bits per heavy atom. The summed E-state index contributed by atoms with van der Waals surface area (Å²) in [6.07, 6.45) is 0. The molecule has 2 rings (SSSR count). The van der Waals surface area contributed by atoms with E-state index < -0.39 is 0 Å².